The minimum atomic E-state index is -0.343. The molecule has 0 amide bonds. The Hall–Kier alpha value is -2.42. The predicted octanol–water partition coefficient (Wildman–Crippen LogP) is 5.58. The average Bonchev–Trinajstić information content (AvgIpc) is 3.32. The minimum absolute atomic E-state index is 0.139. The zero-order valence-corrected chi connectivity index (χ0v) is 18.3. The van der Waals surface area contributed by atoms with Crippen LogP contribution < -0.4 is 0 Å². The second-order valence-corrected chi connectivity index (χ2v) is 9.98. The highest BCUT2D eigenvalue weighted by Crippen LogP contribution is 2.60. The van der Waals surface area contributed by atoms with Crippen molar-refractivity contribution >= 4 is 0 Å². The Labute approximate surface area is 185 Å². The highest BCUT2D eigenvalue weighted by molar-refractivity contribution is 5.62. The number of nitrogens with zero attached hydrogens (tertiary/aromatic N) is 1. The van der Waals surface area contributed by atoms with E-state index in [0.29, 0.717) is 11.8 Å². The molecule has 6 rings (SSSR count). The first-order chi connectivity index (χ1) is 15.2. The van der Waals surface area contributed by atoms with Gasteiger partial charge in [-0.3, -0.25) is 0 Å². The molecule has 0 spiro atoms. The standard InChI is InChI=1S/C29H31NO/c1-20-10-12-21(13-11-20)28(31)22-14-16-30(17-15-22)19-29-18-25(23-6-2-4-8-26(23)29)24-7-3-5-9-27(24)29/h2-13,22,25,28,31H,14-19H2,1H3. The van der Waals surface area contributed by atoms with E-state index in [1.807, 2.05) is 0 Å². The summed E-state index contributed by atoms with van der Waals surface area (Å²) in [4.78, 5) is 2.67. The molecule has 1 N–H and O–H groups in total. The SMILES string of the molecule is Cc1ccc(C(O)C2CCN(CC34CC(c5ccccc53)c3ccccc34)CC2)cc1. The molecule has 0 radical (unpaired) electrons. The number of fused-ring (bicyclic) bond motifs is 8. The quantitative estimate of drug-likeness (QED) is 0.608. The molecular formula is C29H31NO. The van der Waals surface area contributed by atoms with Gasteiger partial charge < -0.3 is 10.0 Å². The first-order valence-electron chi connectivity index (χ1n) is 11.8. The molecule has 0 saturated carbocycles. The molecule has 1 heterocycles. The Kier molecular flexibility index (Phi) is 4.55. The van der Waals surface area contributed by atoms with Crippen LogP contribution in [0.1, 0.15) is 64.7 Å². The number of hydrogen-bond donors (Lipinski definition) is 1. The van der Waals surface area contributed by atoms with Gasteiger partial charge in [0.15, 0.2) is 0 Å². The smallest absolute Gasteiger partial charge is 0.0819 e. The molecule has 1 fully saturated rings. The third kappa shape index (κ3) is 3.00. The third-order valence-corrected chi connectivity index (χ3v) is 8.25. The second kappa shape index (κ2) is 7.32. The number of aliphatic hydroxyl groups is 1. The van der Waals surface area contributed by atoms with E-state index in [-0.39, 0.29) is 11.5 Å². The lowest BCUT2D eigenvalue weighted by atomic mass is 9.74. The van der Waals surface area contributed by atoms with E-state index in [2.05, 4.69) is 84.6 Å². The molecule has 2 heteroatoms. The molecule has 2 aliphatic carbocycles. The topological polar surface area (TPSA) is 23.5 Å². The van der Waals surface area contributed by atoms with Gasteiger partial charge in [-0.25, -0.2) is 0 Å². The van der Waals surface area contributed by atoms with Crippen LogP contribution in [0.3, 0.4) is 0 Å². The Balaban J connectivity index is 1.21. The van der Waals surface area contributed by atoms with Gasteiger partial charge in [0.05, 0.1) is 6.10 Å². The van der Waals surface area contributed by atoms with Gasteiger partial charge in [-0.1, -0.05) is 78.4 Å². The minimum Gasteiger partial charge on any atom is -0.388 e. The highest BCUT2D eigenvalue weighted by Gasteiger charge is 2.53. The van der Waals surface area contributed by atoms with Crippen LogP contribution in [0.25, 0.3) is 0 Å². The fourth-order valence-corrected chi connectivity index (χ4v) is 6.65. The van der Waals surface area contributed by atoms with Gasteiger partial charge in [0.2, 0.25) is 0 Å². The molecule has 1 atom stereocenters. The van der Waals surface area contributed by atoms with Gasteiger partial charge in [0.1, 0.15) is 0 Å². The van der Waals surface area contributed by atoms with E-state index < -0.39 is 0 Å². The molecule has 3 aromatic carbocycles. The average molecular weight is 410 g/mol. The van der Waals surface area contributed by atoms with Crippen LogP contribution in [-0.4, -0.2) is 29.6 Å². The molecule has 0 aromatic heterocycles. The highest BCUT2D eigenvalue weighted by atomic mass is 16.3. The lowest BCUT2D eigenvalue weighted by Crippen LogP contribution is -2.44. The second-order valence-electron chi connectivity index (χ2n) is 9.98. The molecule has 2 nitrogen and oxygen atoms in total. The molecule has 31 heavy (non-hydrogen) atoms. The van der Waals surface area contributed by atoms with E-state index >= 15 is 0 Å². The van der Waals surface area contributed by atoms with Crippen LogP contribution in [0.4, 0.5) is 0 Å². The van der Waals surface area contributed by atoms with Gasteiger partial charge in [0, 0.05) is 17.9 Å². The number of benzene rings is 3. The van der Waals surface area contributed by atoms with Crippen molar-refractivity contribution in [1.29, 1.82) is 0 Å². The molecule has 1 aliphatic heterocycles. The number of hydrogen-bond acceptors (Lipinski definition) is 2. The van der Waals surface area contributed by atoms with Crippen LogP contribution >= 0.6 is 0 Å². The van der Waals surface area contributed by atoms with E-state index in [4.69, 9.17) is 0 Å². The van der Waals surface area contributed by atoms with E-state index in [1.54, 1.807) is 22.3 Å². The summed E-state index contributed by atoms with van der Waals surface area (Å²) < 4.78 is 0. The molecular weight excluding hydrogens is 378 g/mol. The van der Waals surface area contributed by atoms with Crippen LogP contribution in [0.5, 0.6) is 0 Å². The van der Waals surface area contributed by atoms with Crippen molar-refractivity contribution in [1.82, 2.24) is 4.90 Å². The summed E-state index contributed by atoms with van der Waals surface area (Å²) >= 11 is 0. The molecule has 3 aromatic rings. The van der Waals surface area contributed by atoms with E-state index in [0.717, 1.165) is 38.0 Å². The monoisotopic (exact) mass is 409 g/mol. The van der Waals surface area contributed by atoms with Crippen molar-refractivity contribution < 1.29 is 5.11 Å². The van der Waals surface area contributed by atoms with Crippen molar-refractivity contribution in [2.45, 2.75) is 43.6 Å². The summed E-state index contributed by atoms with van der Waals surface area (Å²) in [7, 11) is 0. The molecule has 3 aliphatic rings. The largest absolute Gasteiger partial charge is 0.388 e. The van der Waals surface area contributed by atoms with Crippen LogP contribution in [-0.2, 0) is 5.41 Å². The van der Waals surface area contributed by atoms with Gasteiger partial charge >= 0.3 is 0 Å². The summed E-state index contributed by atoms with van der Waals surface area (Å²) in [6, 6.07) is 26.7. The number of piperidine rings is 1. The summed E-state index contributed by atoms with van der Waals surface area (Å²) in [5, 5.41) is 11.0. The summed E-state index contributed by atoms with van der Waals surface area (Å²) in [6.45, 7) is 5.35. The first-order valence-corrected chi connectivity index (χ1v) is 11.8. The van der Waals surface area contributed by atoms with Crippen molar-refractivity contribution in [2.24, 2.45) is 5.92 Å². The summed E-state index contributed by atoms with van der Waals surface area (Å²) in [5.41, 5.74) is 8.66. The Morgan fingerprint density at radius 1 is 0.871 bits per heavy atom. The van der Waals surface area contributed by atoms with Gasteiger partial charge in [-0.05, 0) is 73.0 Å². The number of aliphatic hydroxyl groups excluding tert-OH is 1. The Morgan fingerprint density at radius 2 is 1.45 bits per heavy atom. The molecule has 1 saturated heterocycles. The lowest BCUT2D eigenvalue weighted by Gasteiger charge is -2.40. The molecule has 1 unspecified atom stereocenters. The molecule has 2 bridgehead atoms. The van der Waals surface area contributed by atoms with Crippen molar-refractivity contribution in [3.63, 3.8) is 0 Å². The van der Waals surface area contributed by atoms with Crippen molar-refractivity contribution in [2.75, 3.05) is 19.6 Å². The Bertz CT molecular complexity index is 1050. The third-order valence-electron chi connectivity index (χ3n) is 8.25. The van der Waals surface area contributed by atoms with Crippen molar-refractivity contribution in [3.8, 4) is 0 Å². The maximum absolute atomic E-state index is 11.0. The first kappa shape index (κ1) is 19.3. The predicted molar refractivity (Wildman–Crippen MR) is 125 cm³/mol. The lowest BCUT2D eigenvalue weighted by molar-refractivity contribution is 0.0540. The number of aryl methyl sites for hydroxylation is 1. The van der Waals surface area contributed by atoms with Crippen LogP contribution in [0, 0.1) is 12.8 Å². The fraction of sp³-hybridized carbons (Fsp3) is 0.379. The number of rotatable bonds is 4. The van der Waals surface area contributed by atoms with E-state index in [1.165, 1.54) is 12.0 Å². The van der Waals surface area contributed by atoms with Crippen LogP contribution in [0.15, 0.2) is 72.8 Å². The van der Waals surface area contributed by atoms with Gasteiger partial charge in [-0.2, -0.15) is 0 Å². The van der Waals surface area contributed by atoms with Crippen molar-refractivity contribution in [3.05, 3.63) is 106 Å². The Morgan fingerprint density at radius 3 is 2.06 bits per heavy atom. The summed E-state index contributed by atoms with van der Waals surface area (Å²) in [5.74, 6) is 0.921. The normalized spacial score (nSPS) is 25.9. The van der Waals surface area contributed by atoms with Gasteiger partial charge in [0.25, 0.3) is 0 Å². The number of likely N-dealkylation sites (tertiary alicyclic amines) is 1. The van der Waals surface area contributed by atoms with Gasteiger partial charge in [-0.15, -0.1) is 0 Å². The fourth-order valence-electron chi connectivity index (χ4n) is 6.65. The van der Waals surface area contributed by atoms with E-state index in [9.17, 15) is 5.11 Å². The maximum atomic E-state index is 11.0. The zero-order chi connectivity index (χ0) is 21.0. The maximum Gasteiger partial charge on any atom is 0.0819 e. The van der Waals surface area contributed by atoms with Crippen LogP contribution in [0.2, 0.25) is 0 Å². The zero-order valence-electron chi connectivity index (χ0n) is 18.3. The summed E-state index contributed by atoms with van der Waals surface area (Å²) in [6.07, 6.45) is 3.01. The molecule has 158 valence electrons.